The predicted octanol–water partition coefficient (Wildman–Crippen LogP) is 4.50. The van der Waals surface area contributed by atoms with Crippen LogP contribution in [0.3, 0.4) is 0 Å². The molecule has 7 nitrogen and oxygen atoms in total. The number of hydrogen-bond acceptors (Lipinski definition) is 6. The average molecular weight is 379 g/mol. The summed E-state index contributed by atoms with van der Waals surface area (Å²) in [5, 5.41) is 13.1. The summed E-state index contributed by atoms with van der Waals surface area (Å²) in [6.45, 7) is 0. The second-order valence-electron chi connectivity index (χ2n) is 5.55. The van der Waals surface area contributed by atoms with Crippen LogP contribution in [-0.2, 0) is 0 Å². The highest BCUT2D eigenvalue weighted by Crippen LogP contribution is 2.24. The van der Waals surface area contributed by atoms with Crippen molar-refractivity contribution in [3.63, 3.8) is 0 Å². The van der Waals surface area contributed by atoms with E-state index in [2.05, 4.69) is 15.8 Å². The van der Waals surface area contributed by atoms with Gasteiger partial charge in [0.15, 0.2) is 5.76 Å². The molecule has 0 fully saturated rings. The zero-order valence-corrected chi connectivity index (χ0v) is 14.7. The first-order valence-corrected chi connectivity index (χ1v) is 8.89. The van der Waals surface area contributed by atoms with Gasteiger partial charge in [-0.2, -0.15) is 11.3 Å². The minimum Gasteiger partial charge on any atom is -0.459 e. The van der Waals surface area contributed by atoms with Crippen molar-refractivity contribution >= 4 is 34.7 Å². The van der Waals surface area contributed by atoms with E-state index < -0.39 is 5.91 Å². The number of thiophene rings is 1. The predicted molar refractivity (Wildman–Crippen MR) is 101 cm³/mol. The van der Waals surface area contributed by atoms with Crippen LogP contribution in [-0.4, -0.2) is 17.0 Å². The van der Waals surface area contributed by atoms with Gasteiger partial charge in [0.1, 0.15) is 5.69 Å². The maximum Gasteiger partial charge on any atom is 0.291 e. The van der Waals surface area contributed by atoms with Crippen molar-refractivity contribution in [1.29, 1.82) is 0 Å². The minimum atomic E-state index is -0.395. The highest BCUT2D eigenvalue weighted by atomic mass is 32.1. The fourth-order valence-electron chi connectivity index (χ4n) is 2.40. The molecule has 0 spiro atoms. The van der Waals surface area contributed by atoms with Crippen LogP contribution in [0.25, 0.3) is 11.3 Å². The molecule has 0 aliphatic rings. The number of benzene rings is 1. The van der Waals surface area contributed by atoms with Crippen molar-refractivity contribution in [2.75, 3.05) is 10.6 Å². The van der Waals surface area contributed by atoms with Crippen molar-refractivity contribution in [2.24, 2.45) is 0 Å². The van der Waals surface area contributed by atoms with E-state index in [1.54, 1.807) is 53.8 Å². The molecule has 2 N–H and O–H groups in total. The fraction of sp³-hybridized carbons (Fsp3) is 0. The van der Waals surface area contributed by atoms with Crippen LogP contribution in [0, 0.1) is 0 Å². The number of carbonyl (C=O) groups is 2. The standard InChI is InChI=1S/C19H13N3O4S/c23-18(21-17-10-15(22-26-17)13-6-8-27-11-13)12-3-1-4-14(9-12)20-19(24)16-5-2-7-25-16/h1-11H,(H,20,24)(H,21,23). The third kappa shape index (κ3) is 3.80. The number of rotatable bonds is 5. The summed E-state index contributed by atoms with van der Waals surface area (Å²) in [6, 6.07) is 13.3. The lowest BCUT2D eigenvalue weighted by atomic mass is 10.2. The molecule has 0 aliphatic heterocycles. The number of hydrogen-bond donors (Lipinski definition) is 2. The average Bonchev–Trinajstić information content (AvgIpc) is 3.43. The molecule has 4 rings (SSSR count). The minimum absolute atomic E-state index is 0.187. The molecule has 0 aliphatic carbocycles. The van der Waals surface area contributed by atoms with Gasteiger partial charge in [-0.05, 0) is 41.8 Å². The van der Waals surface area contributed by atoms with Gasteiger partial charge in [-0.3, -0.25) is 14.9 Å². The molecular weight excluding hydrogens is 366 g/mol. The number of aromatic nitrogens is 1. The van der Waals surface area contributed by atoms with Crippen LogP contribution in [0.5, 0.6) is 0 Å². The number of nitrogens with one attached hydrogen (secondary N) is 2. The highest BCUT2D eigenvalue weighted by Gasteiger charge is 2.13. The second kappa shape index (κ2) is 7.30. The van der Waals surface area contributed by atoms with Crippen molar-refractivity contribution in [1.82, 2.24) is 5.16 Å². The summed E-state index contributed by atoms with van der Waals surface area (Å²) in [7, 11) is 0. The molecule has 3 heterocycles. The van der Waals surface area contributed by atoms with Gasteiger partial charge in [-0.25, -0.2) is 0 Å². The van der Waals surface area contributed by atoms with Crippen molar-refractivity contribution in [2.45, 2.75) is 0 Å². The molecule has 1 aromatic carbocycles. The maximum atomic E-state index is 12.4. The molecule has 27 heavy (non-hydrogen) atoms. The van der Waals surface area contributed by atoms with Gasteiger partial charge in [-0.15, -0.1) is 0 Å². The lowest BCUT2D eigenvalue weighted by Gasteiger charge is -2.06. The molecule has 0 saturated heterocycles. The van der Waals surface area contributed by atoms with Gasteiger partial charge in [0.25, 0.3) is 11.8 Å². The highest BCUT2D eigenvalue weighted by molar-refractivity contribution is 7.08. The Hall–Kier alpha value is -3.65. The summed E-state index contributed by atoms with van der Waals surface area (Å²) in [5.74, 6) is -0.344. The quantitative estimate of drug-likeness (QED) is 0.532. The van der Waals surface area contributed by atoms with Crippen LogP contribution >= 0.6 is 11.3 Å². The third-order valence-corrected chi connectivity index (χ3v) is 4.37. The van der Waals surface area contributed by atoms with Gasteiger partial charge in [0.05, 0.1) is 6.26 Å². The van der Waals surface area contributed by atoms with E-state index in [9.17, 15) is 9.59 Å². The maximum absolute atomic E-state index is 12.4. The molecule has 4 aromatic rings. The largest absolute Gasteiger partial charge is 0.459 e. The van der Waals surface area contributed by atoms with Crippen LogP contribution < -0.4 is 10.6 Å². The summed E-state index contributed by atoms with van der Waals surface area (Å²) in [6.07, 6.45) is 1.42. The van der Waals surface area contributed by atoms with Gasteiger partial charge in [0.2, 0.25) is 5.88 Å². The van der Waals surface area contributed by atoms with Crippen LogP contribution in [0.1, 0.15) is 20.9 Å². The molecule has 2 amide bonds. The van der Waals surface area contributed by atoms with E-state index in [1.165, 1.54) is 6.26 Å². The molecule has 8 heteroatoms. The molecular formula is C19H13N3O4S. The van der Waals surface area contributed by atoms with E-state index in [0.29, 0.717) is 16.9 Å². The van der Waals surface area contributed by atoms with Crippen molar-refractivity contribution in [3.05, 3.63) is 76.9 Å². The molecule has 0 atom stereocenters. The van der Waals surface area contributed by atoms with Gasteiger partial charge in [-0.1, -0.05) is 11.2 Å². The topological polar surface area (TPSA) is 97.4 Å². The van der Waals surface area contributed by atoms with E-state index in [0.717, 1.165) is 5.56 Å². The Bertz CT molecular complexity index is 1070. The summed E-state index contributed by atoms with van der Waals surface area (Å²) >= 11 is 1.55. The van der Waals surface area contributed by atoms with Crippen molar-refractivity contribution < 1.29 is 18.5 Å². The Morgan fingerprint density at radius 1 is 1.00 bits per heavy atom. The van der Waals surface area contributed by atoms with Gasteiger partial charge in [0, 0.05) is 28.3 Å². The monoisotopic (exact) mass is 379 g/mol. The van der Waals surface area contributed by atoms with Gasteiger partial charge >= 0.3 is 0 Å². The van der Waals surface area contributed by atoms with E-state index in [4.69, 9.17) is 8.94 Å². The Labute approximate surface area is 157 Å². The zero-order chi connectivity index (χ0) is 18.6. The van der Waals surface area contributed by atoms with E-state index >= 15 is 0 Å². The van der Waals surface area contributed by atoms with Crippen LogP contribution in [0.2, 0.25) is 0 Å². The lowest BCUT2D eigenvalue weighted by Crippen LogP contribution is -2.14. The number of carbonyl (C=O) groups excluding carboxylic acids is 2. The molecule has 0 saturated carbocycles. The Morgan fingerprint density at radius 3 is 2.70 bits per heavy atom. The number of amides is 2. The second-order valence-corrected chi connectivity index (χ2v) is 6.33. The fourth-order valence-corrected chi connectivity index (χ4v) is 3.05. The summed E-state index contributed by atoms with van der Waals surface area (Å²) < 4.78 is 10.2. The summed E-state index contributed by atoms with van der Waals surface area (Å²) in [5.41, 5.74) is 2.40. The Kier molecular flexibility index (Phi) is 4.54. The molecule has 134 valence electrons. The van der Waals surface area contributed by atoms with Gasteiger partial charge < -0.3 is 14.3 Å². The molecule has 0 unspecified atom stereocenters. The Balaban J connectivity index is 1.45. The summed E-state index contributed by atoms with van der Waals surface area (Å²) in [4.78, 5) is 24.5. The van der Waals surface area contributed by atoms with E-state index in [-0.39, 0.29) is 17.6 Å². The molecule has 0 radical (unpaired) electrons. The first-order chi connectivity index (χ1) is 13.2. The van der Waals surface area contributed by atoms with Crippen molar-refractivity contribution in [3.8, 4) is 11.3 Å². The lowest BCUT2D eigenvalue weighted by molar-refractivity contribution is 0.0993. The molecule has 3 aromatic heterocycles. The first-order valence-electron chi connectivity index (χ1n) is 7.94. The normalized spacial score (nSPS) is 10.5. The number of anilines is 2. The Morgan fingerprint density at radius 2 is 1.93 bits per heavy atom. The number of furan rings is 1. The SMILES string of the molecule is O=C(Nc1cc(-c2ccsc2)no1)c1cccc(NC(=O)c2ccco2)c1. The zero-order valence-electron chi connectivity index (χ0n) is 13.8. The first kappa shape index (κ1) is 16.8. The van der Waals surface area contributed by atoms with Crippen LogP contribution in [0.15, 0.2) is 74.5 Å². The number of nitrogens with zero attached hydrogens (tertiary/aromatic N) is 1. The smallest absolute Gasteiger partial charge is 0.291 e. The van der Waals surface area contributed by atoms with Crippen LogP contribution in [0.4, 0.5) is 11.6 Å². The van der Waals surface area contributed by atoms with E-state index in [1.807, 2.05) is 16.8 Å². The third-order valence-electron chi connectivity index (χ3n) is 3.69. The molecule has 0 bridgehead atoms.